The summed E-state index contributed by atoms with van der Waals surface area (Å²) < 4.78 is 0. The van der Waals surface area contributed by atoms with Crippen LogP contribution in [0.4, 0.5) is 0 Å². The van der Waals surface area contributed by atoms with Gasteiger partial charge in [0, 0.05) is 13.0 Å². The van der Waals surface area contributed by atoms with E-state index in [9.17, 15) is 5.11 Å². The summed E-state index contributed by atoms with van der Waals surface area (Å²) in [5, 5.41) is 10.1. The zero-order valence-corrected chi connectivity index (χ0v) is 9.66. The van der Waals surface area contributed by atoms with Crippen LogP contribution in [-0.4, -0.2) is 17.3 Å². The Labute approximate surface area is 92.1 Å². The van der Waals surface area contributed by atoms with Crippen LogP contribution in [0.1, 0.15) is 31.4 Å². The zero-order chi connectivity index (χ0) is 11.3. The van der Waals surface area contributed by atoms with Crippen LogP contribution in [0.5, 0.6) is 0 Å². The molecule has 0 aliphatic carbocycles. The van der Waals surface area contributed by atoms with Crippen molar-refractivity contribution in [1.82, 2.24) is 0 Å². The van der Waals surface area contributed by atoms with E-state index in [2.05, 4.69) is 31.2 Å². The van der Waals surface area contributed by atoms with E-state index in [1.54, 1.807) is 0 Å². The van der Waals surface area contributed by atoms with E-state index in [-0.39, 0.29) is 0 Å². The highest BCUT2D eigenvalue weighted by molar-refractivity contribution is 5.23. The summed E-state index contributed by atoms with van der Waals surface area (Å²) in [6.45, 7) is 4.42. The fraction of sp³-hybridized carbons (Fsp3) is 0.538. The fourth-order valence-electron chi connectivity index (χ4n) is 1.61. The molecule has 2 heteroatoms. The second-order valence-electron chi connectivity index (χ2n) is 4.13. The molecule has 0 heterocycles. The van der Waals surface area contributed by atoms with Gasteiger partial charge in [0.2, 0.25) is 0 Å². The lowest BCUT2D eigenvalue weighted by Crippen LogP contribution is -2.39. The molecule has 0 saturated carbocycles. The van der Waals surface area contributed by atoms with Gasteiger partial charge in [0.25, 0.3) is 0 Å². The Bertz CT molecular complexity index is 288. The van der Waals surface area contributed by atoms with Crippen molar-refractivity contribution in [3.8, 4) is 0 Å². The number of benzene rings is 1. The summed E-state index contributed by atoms with van der Waals surface area (Å²) in [4.78, 5) is 0. The molecule has 3 N–H and O–H groups in total. The first kappa shape index (κ1) is 12.2. The van der Waals surface area contributed by atoms with E-state index < -0.39 is 5.60 Å². The average molecular weight is 207 g/mol. The minimum absolute atomic E-state index is 0.318. The Morgan fingerprint density at radius 3 is 2.07 bits per heavy atom. The molecule has 0 aliphatic rings. The van der Waals surface area contributed by atoms with E-state index in [4.69, 9.17) is 5.73 Å². The van der Waals surface area contributed by atoms with Gasteiger partial charge in [-0.15, -0.1) is 0 Å². The van der Waals surface area contributed by atoms with Crippen LogP contribution >= 0.6 is 0 Å². The Morgan fingerprint density at radius 2 is 1.67 bits per heavy atom. The lowest BCUT2D eigenvalue weighted by atomic mass is 9.91. The highest BCUT2D eigenvalue weighted by Gasteiger charge is 2.22. The smallest absolute Gasteiger partial charge is 0.0806 e. The van der Waals surface area contributed by atoms with Crippen LogP contribution in [0.2, 0.25) is 0 Å². The number of aryl methyl sites for hydroxylation is 1. The predicted molar refractivity (Wildman–Crippen MR) is 63.8 cm³/mol. The summed E-state index contributed by atoms with van der Waals surface area (Å²) in [6, 6.07) is 8.38. The van der Waals surface area contributed by atoms with Gasteiger partial charge in [-0.1, -0.05) is 38.1 Å². The van der Waals surface area contributed by atoms with Gasteiger partial charge in [0.15, 0.2) is 0 Å². The summed E-state index contributed by atoms with van der Waals surface area (Å²) in [7, 11) is 0. The van der Waals surface area contributed by atoms with Gasteiger partial charge in [0.05, 0.1) is 5.60 Å². The number of hydrogen-bond donors (Lipinski definition) is 2. The highest BCUT2D eigenvalue weighted by Crippen LogP contribution is 2.16. The minimum Gasteiger partial charge on any atom is -0.388 e. The standard InChI is InChI=1S/C13H21NO/c1-3-11-5-7-12(8-6-11)9-13(15,4-2)10-14/h5-8,15H,3-4,9-10,14H2,1-2H3. The van der Waals surface area contributed by atoms with Crippen LogP contribution < -0.4 is 5.73 Å². The van der Waals surface area contributed by atoms with Gasteiger partial charge < -0.3 is 10.8 Å². The topological polar surface area (TPSA) is 46.2 Å². The van der Waals surface area contributed by atoms with Crippen molar-refractivity contribution in [1.29, 1.82) is 0 Å². The predicted octanol–water partition coefficient (Wildman–Crippen LogP) is 1.89. The lowest BCUT2D eigenvalue weighted by molar-refractivity contribution is 0.0456. The van der Waals surface area contributed by atoms with Crippen molar-refractivity contribution < 1.29 is 5.11 Å². The second-order valence-corrected chi connectivity index (χ2v) is 4.13. The lowest BCUT2D eigenvalue weighted by Gasteiger charge is -2.24. The highest BCUT2D eigenvalue weighted by atomic mass is 16.3. The van der Waals surface area contributed by atoms with Crippen molar-refractivity contribution in [3.63, 3.8) is 0 Å². The van der Waals surface area contributed by atoms with E-state index >= 15 is 0 Å². The van der Waals surface area contributed by atoms with E-state index in [0.29, 0.717) is 19.4 Å². The van der Waals surface area contributed by atoms with Gasteiger partial charge in [0.1, 0.15) is 0 Å². The molecule has 0 bridgehead atoms. The van der Waals surface area contributed by atoms with Crippen molar-refractivity contribution in [3.05, 3.63) is 35.4 Å². The van der Waals surface area contributed by atoms with Crippen molar-refractivity contribution in [2.45, 2.75) is 38.7 Å². The molecule has 0 fully saturated rings. The van der Waals surface area contributed by atoms with E-state index in [1.807, 2.05) is 6.92 Å². The first-order valence-corrected chi connectivity index (χ1v) is 5.64. The fourth-order valence-corrected chi connectivity index (χ4v) is 1.61. The maximum atomic E-state index is 10.1. The van der Waals surface area contributed by atoms with Crippen molar-refractivity contribution >= 4 is 0 Å². The third kappa shape index (κ3) is 3.33. The molecule has 1 aromatic carbocycles. The van der Waals surface area contributed by atoms with Crippen LogP contribution in [0, 0.1) is 0 Å². The summed E-state index contributed by atoms with van der Waals surface area (Å²) in [5.41, 5.74) is 7.31. The number of aliphatic hydroxyl groups is 1. The minimum atomic E-state index is -0.742. The zero-order valence-electron chi connectivity index (χ0n) is 9.66. The molecule has 0 radical (unpaired) electrons. The third-order valence-electron chi connectivity index (χ3n) is 3.00. The maximum absolute atomic E-state index is 10.1. The van der Waals surface area contributed by atoms with Crippen LogP contribution in [0.3, 0.4) is 0 Å². The molecular weight excluding hydrogens is 186 g/mol. The van der Waals surface area contributed by atoms with Gasteiger partial charge in [-0.2, -0.15) is 0 Å². The Balaban J connectivity index is 2.71. The summed E-state index contributed by atoms with van der Waals surface area (Å²) >= 11 is 0. The molecule has 0 saturated heterocycles. The molecule has 1 aromatic rings. The average Bonchev–Trinajstić information content (AvgIpc) is 2.30. The number of nitrogens with two attached hydrogens (primary N) is 1. The molecular formula is C13H21NO. The Hall–Kier alpha value is -0.860. The Kier molecular flexibility index (Phi) is 4.30. The van der Waals surface area contributed by atoms with Crippen LogP contribution in [-0.2, 0) is 12.8 Å². The summed E-state index contributed by atoms with van der Waals surface area (Å²) in [5.74, 6) is 0. The number of rotatable bonds is 5. The SMILES string of the molecule is CCc1ccc(CC(O)(CC)CN)cc1. The molecule has 0 amide bonds. The molecule has 0 aliphatic heterocycles. The van der Waals surface area contributed by atoms with Gasteiger partial charge in [-0.25, -0.2) is 0 Å². The van der Waals surface area contributed by atoms with Crippen LogP contribution in [0.25, 0.3) is 0 Å². The van der Waals surface area contributed by atoms with Crippen molar-refractivity contribution in [2.24, 2.45) is 5.73 Å². The molecule has 84 valence electrons. The van der Waals surface area contributed by atoms with Gasteiger partial charge in [-0.3, -0.25) is 0 Å². The third-order valence-corrected chi connectivity index (χ3v) is 3.00. The molecule has 2 nitrogen and oxygen atoms in total. The molecule has 15 heavy (non-hydrogen) atoms. The first-order valence-electron chi connectivity index (χ1n) is 5.64. The Morgan fingerprint density at radius 1 is 1.13 bits per heavy atom. The molecule has 1 atom stereocenters. The molecule has 0 aromatic heterocycles. The first-order chi connectivity index (χ1) is 7.13. The largest absolute Gasteiger partial charge is 0.388 e. The molecule has 0 spiro atoms. The van der Waals surface area contributed by atoms with E-state index in [1.165, 1.54) is 5.56 Å². The molecule has 1 unspecified atom stereocenters. The van der Waals surface area contributed by atoms with Crippen molar-refractivity contribution in [2.75, 3.05) is 6.54 Å². The van der Waals surface area contributed by atoms with Crippen LogP contribution in [0.15, 0.2) is 24.3 Å². The molecule has 1 rings (SSSR count). The quantitative estimate of drug-likeness (QED) is 0.774. The maximum Gasteiger partial charge on any atom is 0.0806 e. The normalized spacial score (nSPS) is 14.9. The monoisotopic (exact) mass is 207 g/mol. The van der Waals surface area contributed by atoms with Gasteiger partial charge >= 0.3 is 0 Å². The second kappa shape index (κ2) is 5.29. The number of hydrogen-bond acceptors (Lipinski definition) is 2. The van der Waals surface area contributed by atoms with Gasteiger partial charge in [-0.05, 0) is 24.0 Å². The summed E-state index contributed by atoms with van der Waals surface area (Å²) in [6.07, 6.45) is 2.39. The van der Waals surface area contributed by atoms with E-state index in [0.717, 1.165) is 12.0 Å².